The summed E-state index contributed by atoms with van der Waals surface area (Å²) in [5, 5.41) is 14.8. The third-order valence-corrected chi connectivity index (χ3v) is 11.9. The average molecular weight is 1010 g/mol. The molecule has 9 rings (SSSR count). The molecular formula is C57H56IrN4O-2. The molecule has 1 radical (unpaired) electrons. The van der Waals surface area contributed by atoms with Crippen LogP contribution in [-0.4, -0.2) is 14.5 Å². The molecule has 0 unspecified atom stereocenters. The second kappa shape index (κ2) is 16.7. The number of rotatable bonds is 3. The Bertz CT molecular complexity index is 3080. The third-order valence-electron chi connectivity index (χ3n) is 11.9. The van der Waals surface area contributed by atoms with E-state index >= 15 is 0 Å². The van der Waals surface area contributed by atoms with Crippen molar-refractivity contribution in [3.63, 3.8) is 0 Å². The molecule has 0 fully saturated rings. The number of hydrogen-bond acceptors (Lipinski definition) is 4. The second-order valence-electron chi connectivity index (χ2n) is 20.6. The van der Waals surface area contributed by atoms with Gasteiger partial charge in [0.1, 0.15) is 17.3 Å². The second-order valence-corrected chi connectivity index (χ2v) is 20.6. The van der Waals surface area contributed by atoms with E-state index in [0.717, 1.165) is 55.6 Å². The van der Waals surface area contributed by atoms with Crippen LogP contribution in [0, 0.1) is 23.5 Å². The van der Waals surface area contributed by atoms with Crippen molar-refractivity contribution in [1.82, 2.24) is 14.5 Å². The summed E-state index contributed by atoms with van der Waals surface area (Å²) >= 11 is 0. The summed E-state index contributed by atoms with van der Waals surface area (Å²) in [5.41, 5.74) is 13.6. The number of benzene rings is 5. The SMILES string of the molecule is CC(C)(C)c1ccc(-c2[c-]cccc2)nc1.CC(C)(C)c1ccnc(-c2[c-]ccc3c2oc2c(-n4c5ccc(C(C)(C)C)cc5c5cc(C(C)(C)C)ccc54)c(C#N)ccc23)c1.[Ir]. The fourth-order valence-electron chi connectivity index (χ4n) is 8.07. The first kappa shape index (κ1) is 45.2. The smallest absolute Gasteiger partial charge is 0.146 e. The van der Waals surface area contributed by atoms with Crippen molar-refractivity contribution in [1.29, 1.82) is 5.26 Å². The minimum atomic E-state index is -0.0232. The van der Waals surface area contributed by atoms with Gasteiger partial charge in [0.05, 0.1) is 22.2 Å². The van der Waals surface area contributed by atoms with Crippen LogP contribution >= 0.6 is 0 Å². The Balaban J connectivity index is 0.000000295. The summed E-state index contributed by atoms with van der Waals surface area (Å²) in [5.74, 6) is 0. The summed E-state index contributed by atoms with van der Waals surface area (Å²) in [6, 6.07) is 46.8. The van der Waals surface area contributed by atoms with Crippen molar-refractivity contribution in [3.05, 3.63) is 162 Å². The minimum Gasteiger partial charge on any atom is -0.498 e. The quantitative estimate of drug-likeness (QED) is 0.165. The van der Waals surface area contributed by atoms with E-state index < -0.39 is 0 Å². The number of hydrogen-bond donors (Lipinski definition) is 0. The van der Waals surface area contributed by atoms with E-state index in [-0.39, 0.29) is 41.8 Å². The van der Waals surface area contributed by atoms with Gasteiger partial charge in [-0.3, -0.25) is 0 Å². The number of nitrogens with zero attached hydrogens (tertiary/aromatic N) is 4. The molecule has 63 heavy (non-hydrogen) atoms. The zero-order valence-electron chi connectivity index (χ0n) is 38.6. The van der Waals surface area contributed by atoms with Gasteiger partial charge < -0.3 is 19.0 Å². The predicted molar refractivity (Wildman–Crippen MR) is 258 cm³/mol. The van der Waals surface area contributed by atoms with E-state index in [9.17, 15) is 5.26 Å². The Morgan fingerprint density at radius 3 is 1.67 bits per heavy atom. The van der Waals surface area contributed by atoms with Gasteiger partial charge >= 0.3 is 0 Å². The molecule has 0 aliphatic heterocycles. The van der Waals surface area contributed by atoms with Crippen LogP contribution in [0.25, 0.3) is 71.9 Å². The fourth-order valence-corrected chi connectivity index (χ4v) is 8.07. The minimum absolute atomic E-state index is 0. The van der Waals surface area contributed by atoms with Crippen molar-refractivity contribution in [2.75, 3.05) is 0 Å². The molecule has 0 amide bonds. The molecule has 0 aliphatic carbocycles. The largest absolute Gasteiger partial charge is 0.498 e. The van der Waals surface area contributed by atoms with Gasteiger partial charge in [0.2, 0.25) is 0 Å². The molecule has 4 heterocycles. The van der Waals surface area contributed by atoms with Crippen LogP contribution in [0.3, 0.4) is 0 Å². The van der Waals surface area contributed by atoms with Gasteiger partial charge in [-0.15, -0.1) is 54.1 Å². The number of furan rings is 1. The molecule has 0 spiro atoms. The standard InChI is InChI=1S/C42H40N3O.C15H16N.Ir/c1-40(2,3)26-14-17-35-32(21-26)33-22-27(41(4,5)6)15-18-36(33)45(35)37-25(24-43)13-16-30-29-11-10-12-31(38(29)46-39(30)37)34-23-28(19-20-44-34)42(7,8)9;1-15(2,3)13-9-10-14(16-11-13)12-7-5-4-6-8-12;/h10-11,13-23H,1-9H3;4-7,9-11H,1-3H3;/q2*-1;. The predicted octanol–water partition coefficient (Wildman–Crippen LogP) is 15.2. The zero-order valence-corrected chi connectivity index (χ0v) is 41.0. The molecule has 321 valence electrons. The van der Waals surface area contributed by atoms with Crippen LogP contribution in [0.1, 0.15) is 111 Å². The molecule has 5 nitrogen and oxygen atoms in total. The molecule has 0 atom stereocenters. The van der Waals surface area contributed by atoms with Crippen molar-refractivity contribution in [3.8, 4) is 34.3 Å². The molecule has 9 aromatic rings. The zero-order chi connectivity index (χ0) is 44.4. The van der Waals surface area contributed by atoms with E-state index in [0.29, 0.717) is 11.1 Å². The maximum atomic E-state index is 10.5. The van der Waals surface area contributed by atoms with E-state index in [1.807, 2.05) is 60.9 Å². The van der Waals surface area contributed by atoms with Crippen LogP contribution in [-0.2, 0) is 41.8 Å². The van der Waals surface area contributed by atoms with Crippen molar-refractivity contribution >= 4 is 43.7 Å². The molecular weight excluding hydrogens is 949 g/mol. The monoisotopic (exact) mass is 1010 g/mol. The average Bonchev–Trinajstić information content (AvgIpc) is 3.78. The molecule has 6 heteroatoms. The van der Waals surface area contributed by atoms with Crippen molar-refractivity contribution < 1.29 is 24.5 Å². The van der Waals surface area contributed by atoms with Crippen molar-refractivity contribution in [2.24, 2.45) is 0 Å². The molecule has 0 aliphatic rings. The summed E-state index contributed by atoms with van der Waals surface area (Å²) < 4.78 is 9.10. The number of nitriles is 1. The topological polar surface area (TPSA) is 67.6 Å². The Morgan fingerprint density at radius 1 is 0.540 bits per heavy atom. The molecule has 0 bridgehead atoms. The van der Waals surface area contributed by atoms with Crippen LogP contribution in [0.5, 0.6) is 0 Å². The Hall–Kier alpha value is -5.86. The third kappa shape index (κ3) is 8.75. The van der Waals surface area contributed by atoms with Gasteiger partial charge in [-0.25, -0.2) is 0 Å². The summed E-state index contributed by atoms with van der Waals surface area (Å²) in [6.45, 7) is 26.7. The van der Waals surface area contributed by atoms with Gasteiger partial charge in [0, 0.05) is 48.7 Å². The number of fused-ring (bicyclic) bond motifs is 6. The maximum Gasteiger partial charge on any atom is 0.146 e. The van der Waals surface area contributed by atoms with Crippen LogP contribution in [0.4, 0.5) is 0 Å². The molecule has 0 saturated heterocycles. The molecule has 0 N–H and O–H groups in total. The molecule has 0 saturated carbocycles. The van der Waals surface area contributed by atoms with Gasteiger partial charge in [-0.2, -0.15) is 5.26 Å². The summed E-state index contributed by atoms with van der Waals surface area (Å²) in [7, 11) is 0. The van der Waals surface area contributed by atoms with E-state index in [2.05, 4.69) is 172 Å². The Kier molecular flexibility index (Phi) is 12.0. The normalized spacial score (nSPS) is 12.3. The Labute approximate surface area is 386 Å². The summed E-state index contributed by atoms with van der Waals surface area (Å²) in [6.07, 6.45) is 3.82. The van der Waals surface area contributed by atoms with Crippen LogP contribution < -0.4 is 0 Å². The van der Waals surface area contributed by atoms with Gasteiger partial charge in [-0.1, -0.05) is 130 Å². The van der Waals surface area contributed by atoms with Crippen molar-refractivity contribution in [2.45, 2.75) is 105 Å². The number of aromatic nitrogens is 3. The van der Waals surface area contributed by atoms with Gasteiger partial charge in [0.25, 0.3) is 0 Å². The van der Waals surface area contributed by atoms with Crippen LogP contribution in [0.2, 0.25) is 0 Å². The van der Waals surface area contributed by atoms with Crippen LogP contribution in [0.15, 0.2) is 126 Å². The number of pyridine rings is 2. The maximum absolute atomic E-state index is 10.5. The van der Waals surface area contributed by atoms with E-state index in [1.165, 1.54) is 33.0 Å². The first-order valence-corrected chi connectivity index (χ1v) is 21.5. The van der Waals surface area contributed by atoms with Gasteiger partial charge in [0.15, 0.2) is 0 Å². The van der Waals surface area contributed by atoms with Gasteiger partial charge in [-0.05, 0) is 91.7 Å². The summed E-state index contributed by atoms with van der Waals surface area (Å²) in [4.78, 5) is 9.22. The first-order valence-electron chi connectivity index (χ1n) is 21.5. The molecule has 5 aromatic carbocycles. The van der Waals surface area contributed by atoms with E-state index in [1.54, 1.807) is 0 Å². The first-order chi connectivity index (χ1) is 29.2. The van der Waals surface area contributed by atoms with E-state index in [4.69, 9.17) is 9.40 Å². The Morgan fingerprint density at radius 2 is 1.13 bits per heavy atom. The molecule has 4 aromatic heterocycles. The fraction of sp³-hybridized carbons (Fsp3) is 0.281.